The van der Waals surface area contributed by atoms with Gasteiger partial charge in [0.05, 0.1) is 19.5 Å². The van der Waals surface area contributed by atoms with Gasteiger partial charge in [-0.25, -0.2) is 14.3 Å². The van der Waals surface area contributed by atoms with Crippen molar-refractivity contribution in [1.82, 2.24) is 28.9 Å². The number of methoxy groups -OCH3 is 1. The Balaban J connectivity index is 1.53. The van der Waals surface area contributed by atoms with E-state index < -0.39 is 11.2 Å². The molecule has 1 aliphatic heterocycles. The summed E-state index contributed by atoms with van der Waals surface area (Å²) in [6.45, 7) is 1.96. The van der Waals surface area contributed by atoms with E-state index in [4.69, 9.17) is 4.74 Å². The Hall–Kier alpha value is -3.40. The maximum Gasteiger partial charge on any atom is 0.332 e. The molecule has 0 aliphatic carbocycles. The van der Waals surface area contributed by atoms with Gasteiger partial charge in [0, 0.05) is 20.6 Å². The van der Waals surface area contributed by atoms with Gasteiger partial charge in [0.1, 0.15) is 12.3 Å². The molecule has 3 heterocycles. The fourth-order valence-electron chi connectivity index (χ4n) is 4.46. The number of amides is 1. The van der Waals surface area contributed by atoms with Crippen LogP contribution in [0, 0.1) is 0 Å². The lowest BCUT2D eigenvalue weighted by molar-refractivity contribution is -0.122. The second-order valence-electron chi connectivity index (χ2n) is 8.45. The lowest BCUT2D eigenvalue weighted by atomic mass is 10.0. The van der Waals surface area contributed by atoms with Crippen molar-refractivity contribution < 1.29 is 9.53 Å². The van der Waals surface area contributed by atoms with Crippen molar-refractivity contribution in [3.05, 3.63) is 57.0 Å². The highest BCUT2D eigenvalue weighted by atomic mass is 16.5. The number of benzene rings is 1. The summed E-state index contributed by atoms with van der Waals surface area (Å²) in [4.78, 5) is 44.9. The average molecular weight is 455 g/mol. The number of carbonyl (C=O) groups is 1. The number of fused-ring (bicyclic) bond motifs is 1. The number of carbonyl (C=O) groups excluding carboxylic acids is 1. The van der Waals surface area contributed by atoms with Crippen molar-refractivity contribution in [2.75, 3.05) is 26.7 Å². The third-order valence-corrected chi connectivity index (χ3v) is 6.33. The predicted octanol–water partition coefficient (Wildman–Crippen LogP) is 0.786. The monoisotopic (exact) mass is 454 g/mol. The number of piperidine rings is 1. The highest BCUT2D eigenvalue weighted by Gasteiger charge is 2.24. The van der Waals surface area contributed by atoms with Crippen LogP contribution < -0.4 is 21.3 Å². The molecule has 0 radical (unpaired) electrons. The van der Waals surface area contributed by atoms with Crippen LogP contribution in [0.25, 0.3) is 11.2 Å². The summed E-state index contributed by atoms with van der Waals surface area (Å²) in [6, 6.07) is 7.86. The molecule has 2 aromatic heterocycles. The minimum absolute atomic E-state index is 0.000681. The number of imidazole rings is 1. The van der Waals surface area contributed by atoms with Crippen LogP contribution in [0.1, 0.15) is 30.9 Å². The summed E-state index contributed by atoms with van der Waals surface area (Å²) in [6.07, 6.45) is 4.93. The number of ether oxygens (including phenoxy) is 1. The standard InChI is InChI=1S/C23H30N6O4/c1-26-15-25-21-20(26)22(31)29(23(32)27(21)2)14-19(30)24-13-18(28-11-5-4-6-12-28)16-7-9-17(33-3)10-8-16/h7-10,15,18H,4-6,11-14H2,1-3H3,(H,24,30). The van der Waals surface area contributed by atoms with Gasteiger partial charge in [-0.2, -0.15) is 0 Å². The largest absolute Gasteiger partial charge is 0.497 e. The van der Waals surface area contributed by atoms with Crippen LogP contribution in [0.4, 0.5) is 0 Å². The first kappa shape index (κ1) is 22.8. The van der Waals surface area contributed by atoms with Crippen LogP contribution in [0.3, 0.4) is 0 Å². The van der Waals surface area contributed by atoms with E-state index in [0.717, 1.165) is 41.8 Å². The lowest BCUT2D eigenvalue weighted by Crippen LogP contribution is -2.45. The summed E-state index contributed by atoms with van der Waals surface area (Å²) in [5, 5.41) is 2.94. The molecule has 0 saturated carbocycles. The number of likely N-dealkylation sites (tertiary alicyclic amines) is 1. The third-order valence-electron chi connectivity index (χ3n) is 6.33. The topological polar surface area (TPSA) is 103 Å². The number of aryl methyl sites for hydroxylation is 2. The van der Waals surface area contributed by atoms with E-state index in [9.17, 15) is 14.4 Å². The highest BCUT2D eigenvalue weighted by molar-refractivity contribution is 5.76. The van der Waals surface area contributed by atoms with Gasteiger partial charge < -0.3 is 14.6 Å². The first-order chi connectivity index (χ1) is 15.9. The van der Waals surface area contributed by atoms with Gasteiger partial charge in [-0.3, -0.25) is 19.1 Å². The minimum atomic E-state index is -0.566. The summed E-state index contributed by atoms with van der Waals surface area (Å²) in [7, 11) is 4.86. The van der Waals surface area contributed by atoms with E-state index in [1.807, 2.05) is 24.3 Å². The lowest BCUT2D eigenvalue weighted by Gasteiger charge is -2.35. The molecule has 1 N–H and O–H groups in total. The van der Waals surface area contributed by atoms with E-state index in [-0.39, 0.29) is 24.0 Å². The molecular weight excluding hydrogens is 424 g/mol. The van der Waals surface area contributed by atoms with E-state index in [0.29, 0.717) is 12.2 Å². The van der Waals surface area contributed by atoms with Gasteiger partial charge in [0.2, 0.25) is 5.91 Å². The maximum atomic E-state index is 12.9. The van der Waals surface area contributed by atoms with Crippen LogP contribution in [0.2, 0.25) is 0 Å². The Labute approximate surface area is 191 Å². The Morgan fingerprint density at radius 3 is 2.48 bits per heavy atom. The van der Waals surface area contributed by atoms with E-state index in [1.54, 1.807) is 25.8 Å². The third kappa shape index (κ3) is 4.56. The van der Waals surface area contributed by atoms with Crippen LogP contribution in [0.15, 0.2) is 40.2 Å². The second kappa shape index (κ2) is 9.62. The molecule has 1 amide bonds. The molecule has 0 bridgehead atoms. The molecule has 1 aromatic carbocycles. The Kier molecular flexibility index (Phi) is 6.64. The normalized spacial score (nSPS) is 15.5. The number of nitrogens with zero attached hydrogens (tertiary/aromatic N) is 5. The van der Waals surface area contributed by atoms with Crippen LogP contribution in [0.5, 0.6) is 5.75 Å². The molecule has 176 valence electrons. The number of aromatic nitrogens is 4. The number of nitrogens with one attached hydrogen (secondary N) is 1. The van der Waals surface area contributed by atoms with Gasteiger partial charge in [-0.05, 0) is 43.6 Å². The zero-order valence-electron chi connectivity index (χ0n) is 19.3. The van der Waals surface area contributed by atoms with Crippen molar-refractivity contribution in [3.8, 4) is 5.75 Å². The number of hydrogen-bond acceptors (Lipinski definition) is 6. The van der Waals surface area contributed by atoms with Crippen molar-refractivity contribution in [2.24, 2.45) is 14.1 Å². The van der Waals surface area contributed by atoms with Crippen LogP contribution >= 0.6 is 0 Å². The molecule has 0 spiro atoms. The molecule has 1 aliphatic rings. The molecule has 33 heavy (non-hydrogen) atoms. The first-order valence-electron chi connectivity index (χ1n) is 11.2. The zero-order valence-corrected chi connectivity index (χ0v) is 19.3. The van der Waals surface area contributed by atoms with Gasteiger partial charge in [0.25, 0.3) is 5.56 Å². The summed E-state index contributed by atoms with van der Waals surface area (Å²) in [5.41, 5.74) is 0.584. The molecule has 10 nitrogen and oxygen atoms in total. The summed E-state index contributed by atoms with van der Waals surface area (Å²) in [5.74, 6) is 0.396. The SMILES string of the molecule is COc1ccc(C(CNC(=O)Cn2c(=O)c3c(ncn3C)n(C)c2=O)N2CCCCC2)cc1. The molecule has 10 heteroatoms. The fourth-order valence-corrected chi connectivity index (χ4v) is 4.46. The maximum absolute atomic E-state index is 12.9. The molecule has 1 unspecified atom stereocenters. The van der Waals surface area contributed by atoms with E-state index in [2.05, 4.69) is 15.2 Å². The number of rotatable bonds is 7. The highest BCUT2D eigenvalue weighted by Crippen LogP contribution is 2.25. The summed E-state index contributed by atoms with van der Waals surface area (Å²) < 4.78 is 9.08. The van der Waals surface area contributed by atoms with Gasteiger partial charge in [-0.1, -0.05) is 18.6 Å². The molecular formula is C23H30N6O4. The number of hydrogen-bond donors (Lipinski definition) is 1. The minimum Gasteiger partial charge on any atom is -0.497 e. The predicted molar refractivity (Wildman–Crippen MR) is 124 cm³/mol. The average Bonchev–Trinajstić information content (AvgIpc) is 3.23. The quantitative estimate of drug-likeness (QED) is 0.566. The molecule has 1 saturated heterocycles. The van der Waals surface area contributed by atoms with Crippen LogP contribution in [-0.4, -0.2) is 56.2 Å². The molecule has 1 atom stereocenters. The van der Waals surface area contributed by atoms with Gasteiger partial charge in [-0.15, -0.1) is 0 Å². The molecule has 3 aromatic rings. The zero-order chi connectivity index (χ0) is 23.5. The van der Waals surface area contributed by atoms with Crippen LogP contribution in [-0.2, 0) is 25.4 Å². The van der Waals surface area contributed by atoms with Crippen molar-refractivity contribution in [3.63, 3.8) is 0 Å². The Bertz CT molecular complexity index is 1250. The first-order valence-corrected chi connectivity index (χ1v) is 11.2. The van der Waals surface area contributed by atoms with E-state index >= 15 is 0 Å². The Morgan fingerprint density at radius 1 is 1.12 bits per heavy atom. The van der Waals surface area contributed by atoms with Crippen molar-refractivity contribution in [1.29, 1.82) is 0 Å². The molecule has 4 rings (SSSR count). The smallest absolute Gasteiger partial charge is 0.332 e. The Morgan fingerprint density at radius 2 is 1.82 bits per heavy atom. The molecule has 1 fully saturated rings. The van der Waals surface area contributed by atoms with Crippen molar-refractivity contribution >= 4 is 17.1 Å². The van der Waals surface area contributed by atoms with Gasteiger partial charge in [0.15, 0.2) is 11.2 Å². The van der Waals surface area contributed by atoms with Crippen molar-refractivity contribution in [2.45, 2.75) is 31.8 Å². The van der Waals surface area contributed by atoms with E-state index in [1.165, 1.54) is 17.3 Å². The second-order valence-corrected chi connectivity index (χ2v) is 8.45. The summed E-state index contributed by atoms with van der Waals surface area (Å²) >= 11 is 0. The fraction of sp³-hybridized carbons (Fsp3) is 0.478. The van der Waals surface area contributed by atoms with Gasteiger partial charge >= 0.3 is 5.69 Å².